The van der Waals surface area contributed by atoms with Crippen LogP contribution in [0.1, 0.15) is 26.8 Å². The minimum atomic E-state index is -0.466. The molecular weight excluding hydrogens is 429 g/mol. The second-order valence-electron chi connectivity index (χ2n) is 9.02. The fourth-order valence-electron chi connectivity index (χ4n) is 3.78. The lowest BCUT2D eigenvalue weighted by Crippen LogP contribution is -2.56. The first-order valence-electron chi connectivity index (χ1n) is 10.4. The Morgan fingerprint density at radius 3 is 2.66 bits per heavy atom. The molecule has 1 saturated heterocycles. The van der Waals surface area contributed by atoms with Gasteiger partial charge in [-0.3, -0.25) is 4.90 Å². The van der Waals surface area contributed by atoms with E-state index >= 15 is 0 Å². The zero-order chi connectivity index (χ0) is 22.5. The van der Waals surface area contributed by atoms with Crippen LogP contribution in [-0.2, 0) is 0 Å². The van der Waals surface area contributed by atoms with Crippen LogP contribution in [0.15, 0.2) is 48.9 Å². The number of nitrogens with one attached hydrogen (secondary N) is 1. The summed E-state index contributed by atoms with van der Waals surface area (Å²) in [4.78, 5) is 11.1. The van der Waals surface area contributed by atoms with Gasteiger partial charge in [0.25, 0.3) is 0 Å². The number of halogens is 2. The maximum Gasteiger partial charge on any atom is 0.141 e. The Labute approximate surface area is 190 Å². The van der Waals surface area contributed by atoms with E-state index in [1.807, 2.05) is 29.1 Å². The molecule has 0 radical (unpaired) electrons. The Bertz CT molecular complexity index is 1290. The van der Waals surface area contributed by atoms with E-state index in [2.05, 4.69) is 51.3 Å². The number of likely N-dealkylation sites (tertiary alicyclic amines) is 1. The topological polar surface area (TPSA) is 71.8 Å². The van der Waals surface area contributed by atoms with Gasteiger partial charge in [0.2, 0.25) is 0 Å². The van der Waals surface area contributed by atoms with Crippen molar-refractivity contribution in [3.63, 3.8) is 0 Å². The maximum absolute atomic E-state index is 13.5. The zero-order valence-electron chi connectivity index (χ0n) is 18.0. The second-order valence-corrected chi connectivity index (χ2v) is 9.43. The van der Waals surface area contributed by atoms with Crippen molar-refractivity contribution in [2.45, 2.75) is 32.4 Å². The molecule has 1 aliphatic heterocycles. The van der Waals surface area contributed by atoms with Gasteiger partial charge in [0, 0.05) is 35.3 Å². The van der Waals surface area contributed by atoms with Crippen molar-refractivity contribution in [3.05, 3.63) is 59.8 Å². The van der Waals surface area contributed by atoms with Crippen LogP contribution in [0.3, 0.4) is 0 Å². The Balaban J connectivity index is 1.42. The Kier molecular flexibility index (Phi) is 5.06. The van der Waals surface area contributed by atoms with E-state index in [1.54, 1.807) is 6.07 Å². The Morgan fingerprint density at radius 2 is 1.91 bits per heavy atom. The van der Waals surface area contributed by atoms with E-state index in [1.165, 1.54) is 18.5 Å². The second kappa shape index (κ2) is 7.79. The molecule has 32 heavy (non-hydrogen) atoms. The number of hydrogen-bond donors (Lipinski definition) is 1. The van der Waals surface area contributed by atoms with Crippen molar-refractivity contribution in [2.75, 3.05) is 18.4 Å². The maximum atomic E-state index is 13.5. The molecule has 2 aromatic heterocycles. The largest absolute Gasteiger partial charge is 0.340 e. The number of hydrogen-bond acceptors (Lipinski definition) is 6. The summed E-state index contributed by atoms with van der Waals surface area (Å²) in [5.41, 5.74) is 3.30. The average molecular weight is 452 g/mol. The predicted octanol–water partition coefficient (Wildman–Crippen LogP) is 5.08. The molecule has 0 amide bonds. The molecule has 0 bridgehead atoms. The molecule has 4 aromatic rings. The lowest BCUT2D eigenvalue weighted by atomic mass is 9.98. The summed E-state index contributed by atoms with van der Waals surface area (Å²) in [5.74, 6) is 0.138. The molecular formula is C23H23ClFN7. The van der Waals surface area contributed by atoms with Gasteiger partial charge in [-0.2, -0.15) is 0 Å². The number of benzene rings is 2. The SMILES string of the molecule is CC(C)(C)N1CC(n2cc(-c3ccc4ncnc(Nc5ccc(F)c(Cl)c5)c4c3)nn2)C1. The van der Waals surface area contributed by atoms with Crippen molar-refractivity contribution < 1.29 is 4.39 Å². The lowest BCUT2D eigenvalue weighted by Gasteiger charge is -2.47. The van der Waals surface area contributed by atoms with Gasteiger partial charge in [-0.05, 0) is 51.1 Å². The molecule has 164 valence electrons. The van der Waals surface area contributed by atoms with Crippen molar-refractivity contribution in [2.24, 2.45) is 0 Å². The van der Waals surface area contributed by atoms with E-state index in [4.69, 9.17) is 11.6 Å². The van der Waals surface area contributed by atoms with Crippen LogP contribution in [0.5, 0.6) is 0 Å². The van der Waals surface area contributed by atoms with Crippen molar-refractivity contribution >= 4 is 34.0 Å². The fourth-order valence-corrected chi connectivity index (χ4v) is 3.96. The zero-order valence-corrected chi connectivity index (χ0v) is 18.8. The van der Waals surface area contributed by atoms with Crippen LogP contribution in [0.25, 0.3) is 22.2 Å². The van der Waals surface area contributed by atoms with Gasteiger partial charge < -0.3 is 5.32 Å². The molecule has 0 unspecified atom stereocenters. The van der Waals surface area contributed by atoms with Crippen molar-refractivity contribution in [1.82, 2.24) is 29.9 Å². The monoisotopic (exact) mass is 451 g/mol. The number of rotatable bonds is 4. The van der Waals surface area contributed by atoms with E-state index in [0.717, 1.165) is 35.2 Å². The van der Waals surface area contributed by atoms with Gasteiger partial charge >= 0.3 is 0 Å². The number of aromatic nitrogens is 5. The highest BCUT2D eigenvalue weighted by Crippen LogP contribution is 2.31. The molecule has 0 saturated carbocycles. The van der Waals surface area contributed by atoms with Gasteiger partial charge in [-0.25, -0.2) is 19.0 Å². The first-order chi connectivity index (χ1) is 15.3. The Morgan fingerprint density at radius 1 is 1.09 bits per heavy atom. The highest BCUT2D eigenvalue weighted by atomic mass is 35.5. The quantitative estimate of drug-likeness (QED) is 0.466. The first-order valence-corrected chi connectivity index (χ1v) is 10.8. The number of nitrogens with zero attached hydrogens (tertiary/aromatic N) is 6. The van der Waals surface area contributed by atoms with Crippen LogP contribution < -0.4 is 5.32 Å². The van der Waals surface area contributed by atoms with Gasteiger partial charge in [0.1, 0.15) is 23.7 Å². The normalized spacial score (nSPS) is 15.2. The number of anilines is 2. The number of fused-ring (bicyclic) bond motifs is 1. The van der Waals surface area contributed by atoms with Gasteiger partial charge in [0.05, 0.1) is 22.8 Å². The Hall–Kier alpha value is -3.10. The smallest absolute Gasteiger partial charge is 0.141 e. The minimum absolute atomic E-state index is 0.0479. The summed E-state index contributed by atoms with van der Waals surface area (Å²) in [6.07, 6.45) is 3.48. The molecule has 0 spiro atoms. The summed E-state index contributed by atoms with van der Waals surface area (Å²) in [5, 5.41) is 12.8. The third-order valence-corrected chi connectivity index (χ3v) is 6.10. The summed E-state index contributed by atoms with van der Waals surface area (Å²) in [6, 6.07) is 10.7. The molecule has 9 heteroatoms. The van der Waals surface area contributed by atoms with Crippen LogP contribution in [-0.4, -0.2) is 48.5 Å². The lowest BCUT2D eigenvalue weighted by molar-refractivity contribution is 0.0148. The van der Waals surface area contributed by atoms with Crippen molar-refractivity contribution in [3.8, 4) is 11.3 Å². The van der Waals surface area contributed by atoms with Gasteiger partial charge in [-0.1, -0.05) is 22.9 Å². The highest BCUT2D eigenvalue weighted by molar-refractivity contribution is 6.31. The molecule has 5 rings (SSSR count). The first kappa shape index (κ1) is 20.8. The van der Waals surface area contributed by atoms with E-state index in [9.17, 15) is 4.39 Å². The highest BCUT2D eigenvalue weighted by Gasteiger charge is 2.36. The third-order valence-electron chi connectivity index (χ3n) is 5.81. The molecule has 1 aliphatic rings. The van der Waals surface area contributed by atoms with Gasteiger partial charge in [-0.15, -0.1) is 5.10 Å². The molecule has 0 aliphatic carbocycles. The standard InChI is InChI=1S/C23H23ClFN7/c1-23(2,3)31-10-16(11-31)32-12-21(29-30-32)14-4-7-20-17(8-14)22(27-13-26-20)28-15-5-6-19(25)18(24)9-15/h4-9,12-13,16H,10-11H2,1-3H3,(H,26,27,28). The van der Waals surface area contributed by atoms with Crippen LogP contribution in [0, 0.1) is 5.82 Å². The van der Waals surface area contributed by atoms with Crippen LogP contribution in [0.2, 0.25) is 5.02 Å². The minimum Gasteiger partial charge on any atom is -0.340 e. The van der Waals surface area contributed by atoms with E-state index in [-0.39, 0.29) is 10.6 Å². The average Bonchev–Trinajstić information content (AvgIpc) is 3.18. The molecule has 2 aromatic carbocycles. The van der Waals surface area contributed by atoms with E-state index in [0.29, 0.717) is 17.5 Å². The van der Waals surface area contributed by atoms with Crippen molar-refractivity contribution in [1.29, 1.82) is 0 Å². The molecule has 7 nitrogen and oxygen atoms in total. The molecule has 1 fully saturated rings. The fraction of sp³-hybridized carbons (Fsp3) is 0.304. The van der Waals surface area contributed by atoms with Crippen LogP contribution >= 0.6 is 11.6 Å². The summed E-state index contributed by atoms with van der Waals surface area (Å²) >= 11 is 5.91. The van der Waals surface area contributed by atoms with Gasteiger partial charge in [0.15, 0.2) is 0 Å². The summed E-state index contributed by atoms with van der Waals surface area (Å²) in [6.45, 7) is 8.59. The molecule has 1 N–H and O–H groups in total. The third kappa shape index (κ3) is 3.91. The summed E-state index contributed by atoms with van der Waals surface area (Å²) in [7, 11) is 0. The van der Waals surface area contributed by atoms with Crippen LogP contribution in [0.4, 0.5) is 15.9 Å². The predicted molar refractivity (Wildman–Crippen MR) is 124 cm³/mol. The molecule has 3 heterocycles. The molecule has 0 atom stereocenters. The van der Waals surface area contributed by atoms with E-state index < -0.39 is 5.82 Å². The summed E-state index contributed by atoms with van der Waals surface area (Å²) < 4.78 is 15.4.